The molecule has 25 heavy (non-hydrogen) atoms. The smallest absolute Gasteiger partial charge is 0.117 e. The van der Waals surface area contributed by atoms with Gasteiger partial charge in [0.15, 0.2) is 0 Å². The molecule has 0 aromatic heterocycles. The zero-order valence-electron chi connectivity index (χ0n) is 15.7. The van der Waals surface area contributed by atoms with Crippen LogP contribution < -0.4 is 0 Å². The van der Waals surface area contributed by atoms with Gasteiger partial charge in [-0.1, -0.05) is 19.9 Å². The lowest BCUT2D eigenvalue weighted by molar-refractivity contribution is -0.290. The van der Waals surface area contributed by atoms with Crippen molar-refractivity contribution in [2.75, 3.05) is 19.7 Å². The van der Waals surface area contributed by atoms with Crippen LogP contribution in [0.25, 0.3) is 0 Å². The van der Waals surface area contributed by atoms with E-state index in [0.717, 1.165) is 24.6 Å². The molecule has 0 aromatic carbocycles. The van der Waals surface area contributed by atoms with Crippen molar-refractivity contribution in [1.29, 1.82) is 0 Å². The third-order valence-electron chi connectivity index (χ3n) is 10.00. The van der Waals surface area contributed by atoms with Crippen LogP contribution in [-0.2, 0) is 4.74 Å². The fraction of sp³-hybridized carbons (Fsp3) is 0.909. The van der Waals surface area contributed by atoms with Crippen LogP contribution in [0.15, 0.2) is 12.2 Å². The maximum atomic E-state index is 11.3. The largest absolute Gasteiger partial charge is 0.388 e. The first kappa shape index (κ1) is 15.7. The van der Waals surface area contributed by atoms with Gasteiger partial charge in [-0.25, -0.2) is 0 Å². The highest BCUT2D eigenvalue weighted by molar-refractivity contribution is 5.28. The van der Waals surface area contributed by atoms with Gasteiger partial charge >= 0.3 is 0 Å². The molecule has 7 aliphatic rings. The third kappa shape index (κ3) is 1.62. The van der Waals surface area contributed by atoms with Crippen molar-refractivity contribution in [2.45, 2.75) is 70.6 Å². The summed E-state index contributed by atoms with van der Waals surface area (Å²) in [5.74, 6) is 1.99. The summed E-state index contributed by atoms with van der Waals surface area (Å²) in [4.78, 5) is 2.69. The van der Waals surface area contributed by atoms with E-state index >= 15 is 0 Å². The van der Waals surface area contributed by atoms with E-state index in [1.807, 2.05) is 0 Å². The van der Waals surface area contributed by atoms with Crippen molar-refractivity contribution in [3.05, 3.63) is 12.2 Å². The van der Waals surface area contributed by atoms with Crippen LogP contribution in [0.5, 0.6) is 0 Å². The Bertz CT molecular complexity index is 634. The molecule has 0 aromatic rings. The molecule has 5 aliphatic carbocycles. The first-order valence-corrected chi connectivity index (χ1v) is 10.7. The fourth-order valence-electron chi connectivity index (χ4n) is 9.23. The Kier molecular flexibility index (Phi) is 2.95. The first-order chi connectivity index (χ1) is 12.0. The monoisotopic (exact) mass is 343 g/mol. The van der Waals surface area contributed by atoms with E-state index in [2.05, 4.69) is 18.4 Å². The summed E-state index contributed by atoms with van der Waals surface area (Å²) < 4.78 is 6.49. The maximum absolute atomic E-state index is 11.3. The number of nitrogens with zero attached hydrogens (tertiary/aromatic N) is 1. The van der Waals surface area contributed by atoms with Crippen molar-refractivity contribution in [2.24, 2.45) is 34.0 Å². The molecule has 3 nitrogen and oxygen atoms in total. The van der Waals surface area contributed by atoms with Gasteiger partial charge < -0.3 is 9.84 Å². The average molecular weight is 344 g/mol. The molecule has 0 radical (unpaired) electrons. The molecule has 138 valence electrons. The lowest BCUT2D eigenvalue weighted by Gasteiger charge is -2.73. The number of hydrogen-bond donors (Lipinski definition) is 1. The molecule has 7 fully saturated rings. The van der Waals surface area contributed by atoms with E-state index in [0.29, 0.717) is 28.9 Å². The Morgan fingerprint density at radius 1 is 1.16 bits per heavy atom. The Morgan fingerprint density at radius 3 is 2.88 bits per heavy atom. The number of ether oxygens (including phenoxy) is 1. The molecule has 1 spiro atoms. The summed E-state index contributed by atoms with van der Waals surface area (Å²) >= 11 is 0. The summed E-state index contributed by atoms with van der Waals surface area (Å²) in [5, 5.41) is 11.3. The van der Waals surface area contributed by atoms with Crippen molar-refractivity contribution in [1.82, 2.24) is 4.90 Å². The van der Waals surface area contributed by atoms with Crippen LogP contribution in [0.1, 0.15) is 58.3 Å². The van der Waals surface area contributed by atoms with Crippen molar-refractivity contribution < 1.29 is 9.84 Å². The quantitative estimate of drug-likeness (QED) is 0.683. The standard InChI is InChI=1S/C22H33NO2/c1-14-15-4-8-21(18(14)24)9-5-16-20(2)6-3-7-22(16,17(21)12-15)19-23(13-20)10-11-25-19/h15-19,24H,1,3-13H2,2H3/t15-,16?,17?,18+,19+,20?,21-,22?/m0/s1. The maximum Gasteiger partial charge on any atom is 0.117 e. The van der Waals surface area contributed by atoms with Gasteiger partial charge in [-0.15, -0.1) is 0 Å². The van der Waals surface area contributed by atoms with Crippen molar-refractivity contribution >= 4 is 0 Å². The van der Waals surface area contributed by atoms with Crippen molar-refractivity contribution in [3.63, 3.8) is 0 Å². The zero-order valence-corrected chi connectivity index (χ0v) is 15.7. The van der Waals surface area contributed by atoms with Gasteiger partial charge in [-0.2, -0.15) is 0 Å². The van der Waals surface area contributed by atoms with E-state index in [1.54, 1.807) is 0 Å². The molecule has 2 saturated heterocycles. The van der Waals surface area contributed by atoms with Crippen molar-refractivity contribution in [3.8, 4) is 0 Å². The molecule has 2 aliphatic heterocycles. The number of hydrogen-bond acceptors (Lipinski definition) is 3. The fourth-order valence-corrected chi connectivity index (χ4v) is 9.23. The molecule has 5 saturated carbocycles. The van der Waals surface area contributed by atoms with E-state index in [4.69, 9.17) is 4.74 Å². The Labute approximate surface area is 151 Å². The van der Waals surface area contributed by atoms with Gasteiger partial charge in [0.1, 0.15) is 6.23 Å². The second-order valence-electron chi connectivity index (χ2n) is 10.6. The second-order valence-corrected chi connectivity index (χ2v) is 10.6. The third-order valence-corrected chi connectivity index (χ3v) is 10.00. The molecular formula is C22H33NO2. The summed E-state index contributed by atoms with van der Waals surface area (Å²) in [7, 11) is 0. The van der Waals surface area contributed by atoms with Gasteiger partial charge in [0.05, 0.1) is 12.7 Å². The predicted octanol–water partition coefficient (Wildman–Crippen LogP) is 3.58. The molecule has 1 N–H and O–H groups in total. The van der Waals surface area contributed by atoms with Gasteiger partial charge in [-0.3, -0.25) is 4.90 Å². The Morgan fingerprint density at radius 2 is 2.00 bits per heavy atom. The number of rotatable bonds is 0. The van der Waals surface area contributed by atoms with Gasteiger partial charge in [0.2, 0.25) is 0 Å². The van der Waals surface area contributed by atoms with Crippen LogP contribution in [0, 0.1) is 34.0 Å². The van der Waals surface area contributed by atoms with Crippen LogP contribution in [0.3, 0.4) is 0 Å². The zero-order chi connectivity index (χ0) is 17.0. The van der Waals surface area contributed by atoms with E-state index in [9.17, 15) is 5.11 Å². The molecule has 4 unspecified atom stereocenters. The minimum Gasteiger partial charge on any atom is -0.388 e. The Hall–Kier alpha value is -0.380. The van der Waals surface area contributed by atoms with E-state index < -0.39 is 0 Å². The summed E-state index contributed by atoms with van der Waals surface area (Å²) in [6.07, 6.45) is 10.4. The normalized spacial score (nSPS) is 60.1. The number of aliphatic hydroxyl groups excluding tert-OH is 1. The first-order valence-electron chi connectivity index (χ1n) is 10.7. The molecule has 4 bridgehead atoms. The van der Waals surface area contributed by atoms with Crippen LogP contribution >= 0.6 is 0 Å². The average Bonchev–Trinajstić information content (AvgIpc) is 3.06. The highest BCUT2D eigenvalue weighted by atomic mass is 16.5. The van der Waals surface area contributed by atoms with Gasteiger partial charge in [0.25, 0.3) is 0 Å². The predicted molar refractivity (Wildman–Crippen MR) is 96.8 cm³/mol. The molecule has 3 heteroatoms. The van der Waals surface area contributed by atoms with Gasteiger partial charge in [0, 0.05) is 23.9 Å². The lowest BCUT2D eigenvalue weighted by atomic mass is 9.34. The van der Waals surface area contributed by atoms with Crippen LogP contribution in [-0.4, -0.2) is 42.0 Å². The number of aliphatic hydroxyl groups is 1. The minimum absolute atomic E-state index is 0.107. The highest BCUT2D eigenvalue weighted by Gasteiger charge is 2.73. The second kappa shape index (κ2) is 4.72. The molecule has 7 rings (SSSR count). The lowest BCUT2D eigenvalue weighted by Crippen LogP contribution is -2.73. The minimum atomic E-state index is -0.259. The molecule has 8 atom stereocenters. The van der Waals surface area contributed by atoms with E-state index in [-0.39, 0.29) is 11.5 Å². The number of fused-ring (bicyclic) bond motifs is 3. The topological polar surface area (TPSA) is 32.7 Å². The number of piperidine rings is 1. The summed E-state index contributed by atoms with van der Waals surface area (Å²) in [6.45, 7) is 10.2. The van der Waals surface area contributed by atoms with Gasteiger partial charge in [-0.05, 0) is 73.7 Å². The van der Waals surface area contributed by atoms with Crippen LogP contribution in [0.2, 0.25) is 0 Å². The van der Waals surface area contributed by atoms with E-state index in [1.165, 1.54) is 57.9 Å². The molecular weight excluding hydrogens is 310 g/mol. The SMILES string of the molecule is C=C1[C@H]2CC[C@@]3(CCC4C5(C)CCCC4(C3C2)[C@H]2OCCN2C5)[C@@H]1O. The molecule has 2 heterocycles. The highest BCUT2D eigenvalue weighted by Crippen LogP contribution is 2.75. The Balaban J connectivity index is 1.53. The van der Waals surface area contributed by atoms with Crippen LogP contribution in [0.4, 0.5) is 0 Å². The summed E-state index contributed by atoms with van der Waals surface area (Å²) in [5.41, 5.74) is 2.02. The molecule has 0 amide bonds. The summed E-state index contributed by atoms with van der Waals surface area (Å²) in [6, 6.07) is 0.